The highest BCUT2D eigenvalue weighted by molar-refractivity contribution is 5.91. The van der Waals surface area contributed by atoms with Gasteiger partial charge in [0.05, 0.1) is 11.9 Å². The fraction of sp³-hybridized carbons (Fsp3) is 0.407. The maximum atomic E-state index is 15.0. The van der Waals surface area contributed by atoms with E-state index in [4.69, 9.17) is 0 Å². The monoisotopic (exact) mass is 521 g/mol. The maximum Gasteiger partial charge on any atom is 0.229 e. The lowest BCUT2D eigenvalue weighted by atomic mass is 10.1. The number of hydrazine groups is 1. The van der Waals surface area contributed by atoms with Crippen molar-refractivity contribution in [3.63, 3.8) is 0 Å². The third-order valence-corrected chi connectivity index (χ3v) is 6.84. The molecule has 0 atom stereocenters. The smallest absolute Gasteiger partial charge is 0.229 e. The number of halogens is 2. The Hall–Kier alpha value is -3.70. The predicted molar refractivity (Wildman–Crippen MR) is 146 cm³/mol. The van der Waals surface area contributed by atoms with Gasteiger partial charge in [-0.2, -0.15) is 0 Å². The van der Waals surface area contributed by atoms with Crippen LogP contribution >= 0.6 is 0 Å². The van der Waals surface area contributed by atoms with Crippen LogP contribution in [0.2, 0.25) is 0 Å². The van der Waals surface area contributed by atoms with Crippen LogP contribution in [0.3, 0.4) is 0 Å². The summed E-state index contributed by atoms with van der Waals surface area (Å²) < 4.78 is 29.8. The van der Waals surface area contributed by atoms with Gasteiger partial charge in [0.15, 0.2) is 11.6 Å². The molecule has 0 bridgehead atoms. The third-order valence-electron chi connectivity index (χ3n) is 6.84. The molecule has 5 rings (SSSR count). The van der Waals surface area contributed by atoms with Crippen molar-refractivity contribution in [1.82, 2.24) is 29.8 Å². The van der Waals surface area contributed by atoms with Crippen LogP contribution in [0.15, 0.2) is 41.7 Å². The summed E-state index contributed by atoms with van der Waals surface area (Å²) in [5.74, 6) is 0.140. The topological polar surface area (TPSA) is 84.8 Å². The molecule has 2 aliphatic heterocycles. The summed E-state index contributed by atoms with van der Waals surface area (Å²) in [7, 11) is 0. The van der Waals surface area contributed by atoms with E-state index in [0.29, 0.717) is 17.3 Å². The highest BCUT2D eigenvalue weighted by Crippen LogP contribution is 2.37. The van der Waals surface area contributed by atoms with E-state index < -0.39 is 11.6 Å². The average molecular weight is 522 g/mol. The number of aromatic nitrogens is 3. The number of likely N-dealkylation sites (N-methyl/N-ethyl adjacent to an activating group) is 1. The second-order valence-corrected chi connectivity index (χ2v) is 9.87. The van der Waals surface area contributed by atoms with Gasteiger partial charge in [-0.15, -0.1) is 0 Å². The van der Waals surface area contributed by atoms with E-state index in [1.54, 1.807) is 13.0 Å². The molecule has 0 aliphatic carbocycles. The summed E-state index contributed by atoms with van der Waals surface area (Å²) in [6.45, 7) is 14.2. The van der Waals surface area contributed by atoms with E-state index in [2.05, 4.69) is 47.4 Å². The van der Waals surface area contributed by atoms with Gasteiger partial charge in [-0.05, 0) is 51.1 Å². The number of hydrogen-bond donors (Lipinski definition) is 2. The van der Waals surface area contributed by atoms with Gasteiger partial charge >= 0.3 is 0 Å². The van der Waals surface area contributed by atoms with Crippen molar-refractivity contribution >= 4 is 29.0 Å². The summed E-state index contributed by atoms with van der Waals surface area (Å²) >= 11 is 0. The van der Waals surface area contributed by atoms with Crippen molar-refractivity contribution in [2.24, 2.45) is 4.99 Å². The van der Waals surface area contributed by atoms with Crippen LogP contribution in [0.25, 0.3) is 11.3 Å². The van der Waals surface area contributed by atoms with E-state index in [-0.39, 0.29) is 28.9 Å². The number of aliphatic imine (C=N–C) groups is 1. The lowest BCUT2D eigenvalue weighted by Crippen LogP contribution is -2.45. The quantitative estimate of drug-likeness (QED) is 0.459. The molecule has 4 heterocycles. The lowest BCUT2D eigenvalue weighted by molar-refractivity contribution is 0.132. The Morgan fingerprint density at radius 2 is 1.76 bits per heavy atom. The molecule has 200 valence electrons. The molecule has 2 N–H and O–H groups in total. The molecule has 1 fully saturated rings. The van der Waals surface area contributed by atoms with Gasteiger partial charge in [0.25, 0.3) is 0 Å². The minimum atomic E-state index is -0.655. The summed E-state index contributed by atoms with van der Waals surface area (Å²) in [6.07, 6.45) is 2.90. The molecule has 0 radical (unpaired) electrons. The second-order valence-electron chi connectivity index (χ2n) is 9.87. The maximum absolute atomic E-state index is 15.0. The normalized spacial score (nSPS) is 16.3. The van der Waals surface area contributed by atoms with E-state index in [0.717, 1.165) is 51.0 Å². The minimum absolute atomic E-state index is 0.0174. The number of hydrogen-bond acceptors (Lipinski definition) is 9. The van der Waals surface area contributed by atoms with E-state index >= 15 is 0 Å². The molecule has 0 spiro atoms. The molecule has 9 nitrogen and oxygen atoms in total. The number of pyridine rings is 1. The number of nitrogens with one attached hydrogen (secondary N) is 2. The zero-order valence-electron chi connectivity index (χ0n) is 22.2. The largest absolute Gasteiger partial charge is 0.309 e. The summed E-state index contributed by atoms with van der Waals surface area (Å²) in [4.78, 5) is 22.1. The fourth-order valence-corrected chi connectivity index (χ4v) is 4.72. The molecule has 11 heteroatoms. The van der Waals surface area contributed by atoms with Gasteiger partial charge in [0.1, 0.15) is 23.0 Å². The molecule has 2 aromatic heterocycles. The Kier molecular flexibility index (Phi) is 7.48. The third kappa shape index (κ3) is 5.58. The Bertz CT molecular complexity index is 1320. The van der Waals surface area contributed by atoms with Gasteiger partial charge < -0.3 is 10.2 Å². The second kappa shape index (κ2) is 11.0. The number of benzene rings is 1. The molecular weight excluding hydrogens is 488 g/mol. The van der Waals surface area contributed by atoms with Crippen molar-refractivity contribution in [2.45, 2.75) is 40.3 Å². The van der Waals surface area contributed by atoms with Crippen LogP contribution < -0.4 is 10.7 Å². The molecule has 0 amide bonds. The summed E-state index contributed by atoms with van der Waals surface area (Å²) in [6, 6.07) is 6.85. The molecule has 3 aromatic rings. The molecule has 1 saturated heterocycles. The lowest BCUT2D eigenvalue weighted by Gasteiger charge is -2.33. The van der Waals surface area contributed by atoms with Crippen LogP contribution in [-0.2, 0) is 6.54 Å². The van der Waals surface area contributed by atoms with Crippen LogP contribution in [0.4, 0.5) is 31.9 Å². The van der Waals surface area contributed by atoms with Gasteiger partial charge in [-0.3, -0.25) is 15.3 Å². The van der Waals surface area contributed by atoms with Crippen LogP contribution in [-0.4, -0.2) is 74.4 Å². The van der Waals surface area contributed by atoms with Crippen LogP contribution in [0.1, 0.15) is 33.3 Å². The molecule has 0 saturated carbocycles. The molecule has 2 aliphatic rings. The minimum Gasteiger partial charge on any atom is -0.309 e. The number of amidine groups is 1. The zero-order valence-corrected chi connectivity index (χ0v) is 22.2. The summed E-state index contributed by atoms with van der Waals surface area (Å²) in [5, 5.41) is 4.86. The SMILES string of the molecule is CCN1CCN(Cc2ccc(Nc3ncc(F)c(-c4cc(F)c5c(c4)NN(C(C)C)C(C)=N5)n3)nc2)CC1. The van der Waals surface area contributed by atoms with Gasteiger partial charge in [0, 0.05) is 50.5 Å². The van der Waals surface area contributed by atoms with Crippen molar-refractivity contribution in [2.75, 3.05) is 43.5 Å². The Morgan fingerprint density at radius 1 is 1.00 bits per heavy atom. The Labute approximate surface area is 221 Å². The van der Waals surface area contributed by atoms with Crippen molar-refractivity contribution < 1.29 is 8.78 Å². The Balaban J connectivity index is 1.31. The first-order valence-corrected chi connectivity index (χ1v) is 12.9. The number of piperazine rings is 1. The van der Waals surface area contributed by atoms with Gasteiger partial charge in [-0.1, -0.05) is 13.0 Å². The molecule has 0 unspecified atom stereocenters. The average Bonchev–Trinajstić information content (AvgIpc) is 2.91. The highest BCUT2D eigenvalue weighted by Gasteiger charge is 2.23. The fourth-order valence-electron chi connectivity index (χ4n) is 4.72. The molecular formula is C27H33F2N9. The first-order valence-electron chi connectivity index (χ1n) is 12.9. The first kappa shape index (κ1) is 25.9. The van der Waals surface area contributed by atoms with Crippen molar-refractivity contribution in [1.29, 1.82) is 0 Å². The molecule has 38 heavy (non-hydrogen) atoms. The van der Waals surface area contributed by atoms with E-state index in [1.807, 2.05) is 37.2 Å². The highest BCUT2D eigenvalue weighted by atomic mass is 19.1. The van der Waals surface area contributed by atoms with Crippen molar-refractivity contribution in [3.8, 4) is 11.3 Å². The zero-order chi connectivity index (χ0) is 26.8. The predicted octanol–water partition coefficient (Wildman–Crippen LogP) is 4.80. The van der Waals surface area contributed by atoms with Crippen molar-refractivity contribution in [3.05, 3.63) is 53.9 Å². The number of fused-ring (bicyclic) bond motifs is 1. The van der Waals surface area contributed by atoms with Crippen LogP contribution in [0.5, 0.6) is 0 Å². The Morgan fingerprint density at radius 3 is 2.45 bits per heavy atom. The van der Waals surface area contributed by atoms with Gasteiger partial charge in [0.2, 0.25) is 5.95 Å². The number of anilines is 3. The van der Waals surface area contributed by atoms with E-state index in [1.165, 1.54) is 6.07 Å². The summed E-state index contributed by atoms with van der Waals surface area (Å²) in [5.41, 5.74) is 5.19. The first-order chi connectivity index (χ1) is 18.3. The standard InChI is InChI=1S/C27H33F2N9/c1-5-36-8-10-37(11-9-36)16-19-6-7-24(30-14-19)33-27-31-15-22(29)25(34-27)20-12-21(28)26-23(13-20)35-38(17(2)3)18(4)32-26/h6-7,12-15,17,35H,5,8-11,16H2,1-4H3,(H,30,31,33,34). The molecule has 1 aromatic carbocycles. The number of nitrogens with zero attached hydrogens (tertiary/aromatic N) is 7. The number of rotatable bonds is 7. The van der Waals surface area contributed by atoms with Gasteiger partial charge in [-0.25, -0.2) is 28.7 Å². The van der Waals surface area contributed by atoms with Crippen LogP contribution in [0, 0.1) is 11.6 Å². The van der Waals surface area contributed by atoms with E-state index in [9.17, 15) is 8.78 Å².